The lowest BCUT2D eigenvalue weighted by molar-refractivity contribution is -0.228. The standard InChI is InChI=1S/C14H22O6S2/c1-13(2)16-6-8(18-13)9-7(5-15-12(21)22)10-11(17-9)20-14(3,4)19-10/h7-11H,5-6H2,1-4H3,(H,21,22)/t7-,8?,9+,10+,11+/m0/s1. The molecule has 0 aromatic rings. The Morgan fingerprint density at radius 2 is 1.86 bits per heavy atom. The highest BCUT2D eigenvalue weighted by Crippen LogP contribution is 2.43. The van der Waals surface area contributed by atoms with E-state index in [-0.39, 0.29) is 28.6 Å². The zero-order valence-corrected chi connectivity index (χ0v) is 14.8. The summed E-state index contributed by atoms with van der Waals surface area (Å²) in [6.07, 6.45) is -1.10. The van der Waals surface area contributed by atoms with Crippen LogP contribution in [0, 0.1) is 5.92 Å². The fraction of sp³-hybridized carbons (Fsp3) is 0.929. The highest BCUT2D eigenvalue weighted by atomic mass is 32.1. The van der Waals surface area contributed by atoms with Crippen molar-refractivity contribution in [2.45, 2.75) is 63.9 Å². The minimum absolute atomic E-state index is 0.0700. The molecule has 0 bridgehead atoms. The SMILES string of the molecule is CC1(C)OCC([C@@H]2O[C@@H]3OC(C)(C)O[C@@H]3[C@H]2COC(=S)S)O1. The summed E-state index contributed by atoms with van der Waals surface area (Å²) in [5.74, 6) is -1.36. The number of thiol groups is 1. The molecular weight excluding hydrogens is 328 g/mol. The Kier molecular flexibility index (Phi) is 4.48. The van der Waals surface area contributed by atoms with Crippen LogP contribution in [0.4, 0.5) is 0 Å². The largest absolute Gasteiger partial charge is 0.478 e. The van der Waals surface area contributed by atoms with E-state index in [1.165, 1.54) is 0 Å². The number of hydrogen-bond acceptors (Lipinski definition) is 7. The molecule has 3 aliphatic heterocycles. The van der Waals surface area contributed by atoms with E-state index in [9.17, 15) is 0 Å². The molecule has 0 aromatic carbocycles. The fourth-order valence-electron chi connectivity index (χ4n) is 3.19. The Balaban J connectivity index is 1.73. The van der Waals surface area contributed by atoms with Gasteiger partial charge in [-0.05, 0) is 39.9 Å². The Labute approximate surface area is 141 Å². The Morgan fingerprint density at radius 3 is 2.45 bits per heavy atom. The minimum Gasteiger partial charge on any atom is -0.478 e. The minimum atomic E-state index is -0.674. The topological polar surface area (TPSA) is 55.4 Å². The summed E-state index contributed by atoms with van der Waals surface area (Å²) in [6, 6.07) is 0. The normalized spacial score (nSPS) is 42.3. The highest BCUT2D eigenvalue weighted by molar-refractivity contribution is 8.10. The van der Waals surface area contributed by atoms with Crippen molar-refractivity contribution in [2.75, 3.05) is 13.2 Å². The monoisotopic (exact) mass is 350 g/mol. The van der Waals surface area contributed by atoms with Crippen molar-refractivity contribution in [3.8, 4) is 0 Å². The highest BCUT2D eigenvalue weighted by Gasteiger charge is 2.58. The van der Waals surface area contributed by atoms with Gasteiger partial charge in [-0.25, -0.2) is 0 Å². The number of fused-ring (bicyclic) bond motifs is 1. The molecule has 0 aliphatic carbocycles. The smallest absolute Gasteiger partial charge is 0.216 e. The summed E-state index contributed by atoms with van der Waals surface area (Å²) in [7, 11) is 0. The summed E-state index contributed by atoms with van der Waals surface area (Å²) < 4.78 is 35.0. The van der Waals surface area contributed by atoms with Crippen LogP contribution in [0.5, 0.6) is 0 Å². The van der Waals surface area contributed by atoms with Crippen LogP contribution in [0.15, 0.2) is 0 Å². The van der Waals surface area contributed by atoms with Gasteiger partial charge >= 0.3 is 0 Å². The van der Waals surface area contributed by atoms with E-state index in [4.69, 9.17) is 40.6 Å². The first-order valence-corrected chi connectivity index (χ1v) is 8.21. The van der Waals surface area contributed by atoms with E-state index in [1.54, 1.807) is 0 Å². The van der Waals surface area contributed by atoms with Crippen LogP contribution in [0.1, 0.15) is 27.7 Å². The van der Waals surface area contributed by atoms with Crippen molar-refractivity contribution in [2.24, 2.45) is 5.92 Å². The third-order valence-corrected chi connectivity index (χ3v) is 4.27. The van der Waals surface area contributed by atoms with Gasteiger partial charge in [-0.1, -0.05) is 12.6 Å². The molecule has 0 saturated carbocycles. The van der Waals surface area contributed by atoms with Gasteiger partial charge in [-0.3, -0.25) is 0 Å². The lowest BCUT2D eigenvalue weighted by atomic mass is 9.95. The second-order valence-electron chi connectivity index (χ2n) is 6.68. The molecule has 126 valence electrons. The number of ether oxygens (including phenoxy) is 6. The average Bonchev–Trinajstić information content (AvgIpc) is 2.96. The van der Waals surface area contributed by atoms with Gasteiger partial charge in [0, 0.05) is 0 Å². The third-order valence-electron chi connectivity index (χ3n) is 4.02. The number of thiocarbonyl (C=S) groups is 1. The van der Waals surface area contributed by atoms with Gasteiger partial charge in [-0.2, -0.15) is 0 Å². The first kappa shape index (κ1) is 16.9. The molecule has 1 unspecified atom stereocenters. The van der Waals surface area contributed by atoms with Crippen LogP contribution >= 0.6 is 24.8 Å². The summed E-state index contributed by atoms with van der Waals surface area (Å²) in [6.45, 7) is 8.29. The van der Waals surface area contributed by atoms with Crippen LogP contribution in [-0.2, 0) is 28.4 Å². The molecule has 8 heteroatoms. The van der Waals surface area contributed by atoms with Crippen LogP contribution in [-0.4, -0.2) is 53.8 Å². The molecule has 6 nitrogen and oxygen atoms in total. The van der Waals surface area contributed by atoms with E-state index < -0.39 is 17.9 Å². The first-order chi connectivity index (χ1) is 10.2. The van der Waals surface area contributed by atoms with E-state index in [2.05, 4.69) is 12.6 Å². The lowest BCUT2D eigenvalue weighted by Crippen LogP contribution is -2.41. The summed E-state index contributed by atoms with van der Waals surface area (Å²) in [5.41, 5.74) is 0. The van der Waals surface area contributed by atoms with Crippen molar-refractivity contribution in [1.82, 2.24) is 0 Å². The zero-order chi connectivity index (χ0) is 16.1. The van der Waals surface area contributed by atoms with E-state index >= 15 is 0 Å². The van der Waals surface area contributed by atoms with Gasteiger partial charge in [0.1, 0.15) is 12.2 Å². The Morgan fingerprint density at radius 1 is 1.14 bits per heavy atom. The van der Waals surface area contributed by atoms with Crippen LogP contribution in [0.3, 0.4) is 0 Å². The van der Waals surface area contributed by atoms with Gasteiger partial charge in [-0.15, -0.1) is 0 Å². The fourth-order valence-corrected chi connectivity index (χ4v) is 3.34. The van der Waals surface area contributed by atoms with E-state index in [1.807, 2.05) is 27.7 Å². The van der Waals surface area contributed by atoms with E-state index in [0.717, 1.165) is 0 Å². The first-order valence-electron chi connectivity index (χ1n) is 7.35. The maximum Gasteiger partial charge on any atom is 0.216 e. The van der Waals surface area contributed by atoms with Crippen molar-refractivity contribution in [3.63, 3.8) is 0 Å². The molecule has 3 aliphatic rings. The molecule has 22 heavy (non-hydrogen) atoms. The van der Waals surface area contributed by atoms with Gasteiger partial charge < -0.3 is 28.4 Å². The predicted molar refractivity (Wildman–Crippen MR) is 84.6 cm³/mol. The number of rotatable bonds is 3. The summed E-state index contributed by atoms with van der Waals surface area (Å²) in [4.78, 5) is 0. The second kappa shape index (κ2) is 5.84. The molecule has 0 spiro atoms. The van der Waals surface area contributed by atoms with Crippen LogP contribution < -0.4 is 0 Å². The quantitative estimate of drug-likeness (QED) is 0.616. The lowest BCUT2D eigenvalue weighted by Gasteiger charge is -2.28. The molecule has 0 N–H and O–H groups in total. The van der Waals surface area contributed by atoms with Gasteiger partial charge in [0.05, 0.1) is 25.2 Å². The van der Waals surface area contributed by atoms with E-state index in [0.29, 0.717) is 13.2 Å². The maximum atomic E-state index is 6.04. The molecule has 0 radical (unpaired) electrons. The molecular formula is C14H22O6S2. The maximum absolute atomic E-state index is 6.04. The predicted octanol–water partition coefficient (Wildman–Crippen LogP) is 1.86. The van der Waals surface area contributed by atoms with Crippen molar-refractivity contribution in [1.29, 1.82) is 0 Å². The molecule has 5 atom stereocenters. The second-order valence-corrected chi connectivity index (χ2v) is 7.76. The summed E-state index contributed by atoms with van der Waals surface area (Å²) in [5, 5.41) is 0. The number of hydrogen-bond donors (Lipinski definition) is 1. The van der Waals surface area contributed by atoms with Crippen molar-refractivity contribution >= 4 is 29.2 Å². The average molecular weight is 350 g/mol. The molecule has 3 rings (SSSR count). The third kappa shape index (κ3) is 3.43. The van der Waals surface area contributed by atoms with Gasteiger partial charge in [0.15, 0.2) is 17.9 Å². The molecule has 0 aromatic heterocycles. The Bertz CT molecular complexity index is 455. The molecule has 0 amide bonds. The van der Waals surface area contributed by atoms with Gasteiger partial charge in [0.25, 0.3) is 0 Å². The molecule has 3 fully saturated rings. The summed E-state index contributed by atoms with van der Waals surface area (Å²) >= 11 is 8.89. The Hall–Kier alpha value is 0.0400. The molecule has 3 saturated heterocycles. The zero-order valence-electron chi connectivity index (χ0n) is 13.1. The van der Waals surface area contributed by atoms with Crippen LogP contribution in [0.2, 0.25) is 0 Å². The van der Waals surface area contributed by atoms with Gasteiger partial charge in [0.2, 0.25) is 4.38 Å². The van der Waals surface area contributed by atoms with Crippen LogP contribution in [0.25, 0.3) is 0 Å². The molecule has 3 heterocycles. The van der Waals surface area contributed by atoms with Crippen molar-refractivity contribution < 1.29 is 28.4 Å². The van der Waals surface area contributed by atoms with Crippen molar-refractivity contribution in [3.05, 3.63) is 0 Å².